The number of hydrogen-bond acceptors (Lipinski definition) is 3. The minimum atomic E-state index is -0.217. The molecule has 3 heteroatoms. The maximum absolute atomic E-state index is 11.4. The van der Waals surface area contributed by atoms with Crippen LogP contribution in [0.3, 0.4) is 0 Å². The second-order valence-electron chi connectivity index (χ2n) is 2.88. The Kier molecular flexibility index (Phi) is 7.96. The van der Waals surface area contributed by atoms with Gasteiger partial charge in [-0.3, -0.25) is 4.79 Å². The average Bonchev–Trinajstić information content (AvgIpc) is 2.20. The first-order valence-electron chi connectivity index (χ1n) is 4.94. The van der Waals surface area contributed by atoms with Gasteiger partial charge in [0.2, 0.25) is 0 Å². The van der Waals surface area contributed by atoms with Gasteiger partial charge in [-0.2, -0.15) is 0 Å². The molecule has 0 aromatic carbocycles. The van der Waals surface area contributed by atoms with Gasteiger partial charge in [-0.15, -0.1) is 12.3 Å². The van der Waals surface area contributed by atoms with Crippen LogP contribution >= 0.6 is 0 Å². The number of rotatable bonds is 7. The van der Waals surface area contributed by atoms with E-state index in [9.17, 15) is 4.79 Å². The van der Waals surface area contributed by atoms with E-state index < -0.39 is 0 Å². The molecule has 0 amide bonds. The van der Waals surface area contributed by atoms with Crippen LogP contribution in [0.25, 0.3) is 0 Å². The molecule has 80 valence electrons. The van der Waals surface area contributed by atoms with E-state index >= 15 is 0 Å². The van der Waals surface area contributed by atoms with Gasteiger partial charge in [0, 0.05) is 13.0 Å². The third-order valence-electron chi connectivity index (χ3n) is 1.87. The van der Waals surface area contributed by atoms with Crippen molar-refractivity contribution in [2.24, 2.45) is 5.92 Å². The molecule has 1 atom stereocenters. The normalized spacial score (nSPS) is 11.8. The van der Waals surface area contributed by atoms with Crippen LogP contribution < -0.4 is 0 Å². The van der Waals surface area contributed by atoms with Gasteiger partial charge < -0.3 is 9.47 Å². The van der Waals surface area contributed by atoms with Gasteiger partial charge in [0.15, 0.2) is 0 Å². The number of ether oxygens (including phenoxy) is 2. The highest BCUT2D eigenvalue weighted by Gasteiger charge is 2.16. The summed E-state index contributed by atoms with van der Waals surface area (Å²) in [5.41, 5.74) is 0. The molecule has 0 spiro atoms. The summed E-state index contributed by atoms with van der Waals surface area (Å²) in [7, 11) is 0. The Balaban J connectivity index is 3.65. The van der Waals surface area contributed by atoms with Crippen LogP contribution in [0.4, 0.5) is 0 Å². The Hall–Kier alpha value is -1.01. The summed E-state index contributed by atoms with van der Waals surface area (Å²) in [4.78, 5) is 11.4. The molecule has 1 unspecified atom stereocenters. The zero-order valence-corrected chi connectivity index (χ0v) is 8.91. The van der Waals surface area contributed by atoms with Gasteiger partial charge >= 0.3 is 5.97 Å². The summed E-state index contributed by atoms with van der Waals surface area (Å²) < 4.78 is 10.0. The molecule has 3 nitrogen and oxygen atoms in total. The van der Waals surface area contributed by atoms with Gasteiger partial charge in [-0.1, -0.05) is 6.92 Å². The molecule has 0 saturated heterocycles. The molecule has 0 aliphatic heterocycles. The molecule has 0 bridgehead atoms. The maximum atomic E-state index is 11.4. The molecule has 0 aliphatic rings. The molecule has 0 heterocycles. The first-order valence-corrected chi connectivity index (χ1v) is 4.94. The first kappa shape index (κ1) is 13.0. The van der Waals surface area contributed by atoms with E-state index in [1.54, 1.807) is 0 Å². The lowest BCUT2D eigenvalue weighted by Gasteiger charge is -2.11. The Labute approximate surface area is 85.8 Å². The lowest BCUT2D eigenvalue weighted by atomic mass is 10.0. The number of carbonyl (C=O) groups excluding carboxylic acids is 1. The molecule has 0 radical (unpaired) electrons. The van der Waals surface area contributed by atoms with Crippen molar-refractivity contribution in [2.75, 3.05) is 19.8 Å². The highest BCUT2D eigenvalue weighted by molar-refractivity contribution is 5.72. The van der Waals surface area contributed by atoms with Crippen LogP contribution in [-0.4, -0.2) is 25.8 Å². The van der Waals surface area contributed by atoms with E-state index in [1.807, 2.05) is 13.8 Å². The van der Waals surface area contributed by atoms with Crippen LogP contribution in [0.15, 0.2) is 0 Å². The molecule has 0 aliphatic carbocycles. The SMILES string of the molecule is C#CCC(CC)C(=O)OCCOCC. The summed E-state index contributed by atoms with van der Waals surface area (Å²) in [6.07, 6.45) is 6.30. The van der Waals surface area contributed by atoms with Gasteiger partial charge in [-0.25, -0.2) is 0 Å². The van der Waals surface area contributed by atoms with Crippen LogP contribution in [0.1, 0.15) is 26.7 Å². The van der Waals surface area contributed by atoms with E-state index in [0.717, 1.165) is 6.42 Å². The zero-order valence-electron chi connectivity index (χ0n) is 8.91. The highest BCUT2D eigenvalue weighted by Crippen LogP contribution is 2.09. The second-order valence-corrected chi connectivity index (χ2v) is 2.88. The Morgan fingerprint density at radius 1 is 1.43 bits per heavy atom. The monoisotopic (exact) mass is 198 g/mol. The van der Waals surface area contributed by atoms with Crippen molar-refractivity contribution >= 4 is 5.97 Å². The van der Waals surface area contributed by atoms with E-state index in [0.29, 0.717) is 26.2 Å². The van der Waals surface area contributed by atoms with Gasteiger partial charge in [0.25, 0.3) is 0 Å². The molecule has 0 saturated carbocycles. The van der Waals surface area contributed by atoms with Gasteiger partial charge in [0.05, 0.1) is 12.5 Å². The van der Waals surface area contributed by atoms with Gasteiger partial charge in [0.1, 0.15) is 6.61 Å². The van der Waals surface area contributed by atoms with Crippen molar-refractivity contribution in [3.63, 3.8) is 0 Å². The maximum Gasteiger partial charge on any atom is 0.309 e. The molecular weight excluding hydrogens is 180 g/mol. The fourth-order valence-electron chi connectivity index (χ4n) is 1.000. The minimum Gasteiger partial charge on any atom is -0.463 e. The van der Waals surface area contributed by atoms with Gasteiger partial charge in [-0.05, 0) is 13.3 Å². The standard InChI is InChI=1S/C11H18O3/c1-4-7-10(5-2)11(12)14-9-8-13-6-3/h1,10H,5-9H2,2-3H3. The molecule has 0 aromatic rings. The third-order valence-corrected chi connectivity index (χ3v) is 1.87. The first-order chi connectivity index (χ1) is 6.76. The molecule has 0 aromatic heterocycles. The molecule has 0 rings (SSSR count). The van der Waals surface area contributed by atoms with Crippen molar-refractivity contribution in [1.82, 2.24) is 0 Å². The average molecular weight is 198 g/mol. The zero-order chi connectivity index (χ0) is 10.8. The van der Waals surface area contributed by atoms with Crippen LogP contribution in [0, 0.1) is 18.3 Å². The fourth-order valence-corrected chi connectivity index (χ4v) is 1.000. The number of terminal acetylenes is 1. The van der Waals surface area contributed by atoms with Crippen molar-refractivity contribution in [1.29, 1.82) is 0 Å². The lowest BCUT2D eigenvalue weighted by molar-refractivity contribution is -0.150. The van der Waals surface area contributed by atoms with E-state index in [1.165, 1.54) is 0 Å². The minimum absolute atomic E-state index is 0.165. The Morgan fingerprint density at radius 2 is 2.14 bits per heavy atom. The third kappa shape index (κ3) is 5.60. The fraction of sp³-hybridized carbons (Fsp3) is 0.727. The highest BCUT2D eigenvalue weighted by atomic mass is 16.6. The molecule has 14 heavy (non-hydrogen) atoms. The molecule has 0 fully saturated rings. The predicted molar refractivity (Wildman–Crippen MR) is 54.7 cm³/mol. The summed E-state index contributed by atoms with van der Waals surface area (Å²) >= 11 is 0. The molecular formula is C11H18O3. The number of hydrogen-bond donors (Lipinski definition) is 0. The predicted octanol–water partition coefficient (Wildman–Crippen LogP) is 1.62. The summed E-state index contributed by atoms with van der Waals surface area (Å²) in [5.74, 6) is 2.09. The Bertz CT molecular complexity index is 193. The number of carbonyl (C=O) groups is 1. The van der Waals surface area contributed by atoms with Crippen molar-refractivity contribution in [3.05, 3.63) is 0 Å². The van der Waals surface area contributed by atoms with Crippen LogP contribution in [-0.2, 0) is 14.3 Å². The quantitative estimate of drug-likeness (QED) is 0.354. The summed E-state index contributed by atoms with van der Waals surface area (Å²) in [6, 6.07) is 0. The number of esters is 1. The van der Waals surface area contributed by atoms with Crippen LogP contribution in [0.5, 0.6) is 0 Å². The topological polar surface area (TPSA) is 35.5 Å². The van der Waals surface area contributed by atoms with Crippen molar-refractivity contribution in [2.45, 2.75) is 26.7 Å². The van der Waals surface area contributed by atoms with E-state index in [4.69, 9.17) is 15.9 Å². The van der Waals surface area contributed by atoms with Crippen molar-refractivity contribution in [3.8, 4) is 12.3 Å². The summed E-state index contributed by atoms with van der Waals surface area (Å²) in [5, 5.41) is 0. The largest absolute Gasteiger partial charge is 0.463 e. The Morgan fingerprint density at radius 3 is 2.64 bits per heavy atom. The lowest BCUT2D eigenvalue weighted by Crippen LogP contribution is -2.19. The summed E-state index contributed by atoms with van der Waals surface area (Å²) in [6.45, 7) is 5.22. The van der Waals surface area contributed by atoms with Crippen molar-refractivity contribution < 1.29 is 14.3 Å². The molecule has 0 N–H and O–H groups in total. The van der Waals surface area contributed by atoms with E-state index in [2.05, 4.69) is 5.92 Å². The van der Waals surface area contributed by atoms with Crippen LogP contribution in [0.2, 0.25) is 0 Å². The second kappa shape index (κ2) is 8.58. The smallest absolute Gasteiger partial charge is 0.309 e. The van der Waals surface area contributed by atoms with E-state index in [-0.39, 0.29) is 11.9 Å².